The molecule has 4 heteroatoms. The molecule has 0 radical (unpaired) electrons. The van der Waals surface area contributed by atoms with Gasteiger partial charge in [-0.25, -0.2) is 0 Å². The molecule has 0 aliphatic carbocycles. The van der Waals surface area contributed by atoms with E-state index in [1.165, 1.54) is 0 Å². The number of hydrogen-bond acceptors (Lipinski definition) is 3. The van der Waals surface area contributed by atoms with Gasteiger partial charge in [0.1, 0.15) is 0 Å². The molecular weight excluding hydrogens is 244 g/mol. The smallest absolute Gasteiger partial charge is 0.0635 e. The summed E-state index contributed by atoms with van der Waals surface area (Å²) in [7, 11) is 1.69. The zero-order chi connectivity index (χ0) is 10.4. The maximum absolute atomic E-state index is 5.62. The predicted molar refractivity (Wildman–Crippen MR) is 62.4 cm³/mol. The molecule has 1 aromatic carbocycles. The summed E-state index contributed by atoms with van der Waals surface area (Å²) in [6, 6.07) is 6.03. The molecule has 0 amide bonds. The monoisotopic (exact) mass is 258 g/mol. The van der Waals surface area contributed by atoms with Crippen LogP contribution >= 0.6 is 15.9 Å². The first-order valence-electron chi connectivity index (χ1n) is 4.49. The van der Waals surface area contributed by atoms with E-state index in [1.54, 1.807) is 7.11 Å². The van der Waals surface area contributed by atoms with Gasteiger partial charge in [0, 0.05) is 30.4 Å². The lowest BCUT2D eigenvalue weighted by atomic mass is 10.2. The largest absolute Gasteiger partial charge is 0.383 e. The van der Waals surface area contributed by atoms with E-state index in [-0.39, 0.29) is 0 Å². The van der Waals surface area contributed by atoms with Crippen molar-refractivity contribution < 1.29 is 4.74 Å². The van der Waals surface area contributed by atoms with Gasteiger partial charge in [-0.2, -0.15) is 0 Å². The zero-order valence-electron chi connectivity index (χ0n) is 8.22. The fourth-order valence-corrected chi connectivity index (χ4v) is 1.54. The summed E-state index contributed by atoms with van der Waals surface area (Å²) in [5, 5.41) is 3.27. The van der Waals surface area contributed by atoms with Crippen molar-refractivity contribution in [3.63, 3.8) is 0 Å². The first-order chi connectivity index (χ1) is 6.77. The van der Waals surface area contributed by atoms with Crippen LogP contribution in [0.25, 0.3) is 0 Å². The molecule has 0 fully saturated rings. The van der Waals surface area contributed by atoms with Crippen molar-refractivity contribution in [1.82, 2.24) is 0 Å². The highest BCUT2D eigenvalue weighted by atomic mass is 79.9. The van der Waals surface area contributed by atoms with Crippen LogP contribution in [0.3, 0.4) is 0 Å². The van der Waals surface area contributed by atoms with Crippen molar-refractivity contribution in [2.24, 2.45) is 5.73 Å². The number of hydrogen-bond donors (Lipinski definition) is 2. The van der Waals surface area contributed by atoms with Crippen molar-refractivity contribution >= 4 is 21.6 Å². The van der Waals surface area contributed by atoms with Crippen LogP contribution in [0.1, 0.15) is 5.56 Å². The van der Waals surface area contributed by atoms with Crippen LogP contribution in [-0.2, 0) is 11.3 Å². The predicted octanol–water partition coefficient (Wildman–Crippen LogP) is 1.97. The Morgan fingerprint density at radius 3 is 2.93 bits per heavy atom. The Hall–Kier alpha value is -0.580. The molecule has 14 heavy (non-hydrogen) atoms. The third-order valence-electron chi connectivity index (χ3n) is 1.91. The van der Waals surface area contributed by atoms with Crippen LogP contribution in [0.2, 0.25) is 0 Å². The van der Waals surface area contributed by atoms with Crippen LogP contribution < -0.4 is 11.1 Å². The first kappa shape index (κ1) is 11.5. The second kappa shape index (κ2) is 6.01. The molecule has 0 spiro atoms. The molecule has 0 saturated carbocycles. The summed E-state index contributed by atoms with van der Waals surface area (Å²) >= 11 is 3.42. The fourth-order valence-electron chi connectivity index (χ4n) is 1.18. The van der Waals surface area contributed by atoms with Crippen LogP contribution in [0.5, 0.6) is 0 Å². The third-order valence-corrected chi connectivity index (χ3v) is 2.41. The average Bonchev–Trinajstić information content (AvgIpc) is 2.19. The van der Waals surface area contributed by atoms with Crippen molar-refractivity contribution in [2.75, 3.05) is 25.6 Å². The van der Waals surface area contributed by atoms with Gasteiger partial charge in [0.2, 0.25) is 0 Å². The summed E-state index contributed by atoms with van der Waals surface area (Å²) in [5.74, 6) is 0. The van der Waals surface area contributed by atoms with E-state index in [0.717, 1.165) is 22.3 Å². The average molecular weight is 259 g/mol. The minimum atomic E-state index is 0.544. The van der Waals surface area contributed by atoms with Gasteiger partial charge in [0.25, 0.3) is 0 Å². The highest BCUT2D eigenvalue weighted by Gasteiger charge is 2.00. The molecule has 3 nitrogen and oxygen atoms in total. The van der Waals surface area contributed by atoms with E-state index in [4.69, 9.17) is 10.5 Å². The fraction of sp³-hybridized carbons (Fsp3) is 0.400. The molecule has 0 bridgehead atoms. The standard InChI is InChI=1S/C10H15BrN2O/c1-14-5-4-13-10-6-9(11)3-2-8(10)7-12/h2-3,6,13H,4-5,7,12H2,1H3. The Kier molecular flexibility index (Phi) is 4.93. The van der Waals surface area contributed by atoms with Gasteiger partial charge in [0.05, 0.1) is 6.61 Å². The van der Waals surface area contributed by atoms with E-state index in [2.05, 4.69) is 21.2 Å². The molecule has 3 N–H and O–H groups in total. The molecule has 0 unspecified atom stereocenters. The second-order valence-electron chi connectivity index (χ2n) is 2.93. The van der Waals surface area contributed by atoms with Crippen molar-refractivity contribution in [3.8, 4) is 0 Å². The minimum absolute atomic E-state index is 0.544. The van der Waals surface area contributed by atoms with E-state index >= 15 is 0 Å². The van der Waals surface area contributed by atoms with Crippen LogP contribution in [0.15, 0.2) is 22.7 Å². The van der Waals surface area contributed by atoms with Gasteiger partial charge in [-0.1, -0.05) is 22.0 Å². The van der Waals surface area contributed by atoms with Gasteiger partial charge < -0.3 is 15.8 Å². The number of ether oxygens (including phenoxy) is 1. The minimum Gasteiger partial charge on any atom is -0.383 e. The molecule has 0 atom stereocenters. The number of rotatable bonds is 5. The molecular formula is C10H15BrN2O. The number of nitrogens with two attached hydrogens (primary N) is 1. The molecule has 1 rings (SSSR count). The van der Waals surface area contributed by atoms with Gasteiger partial charge in [-0.3, -0.25) is 0 Å². The Morgan fingerprint density at radius 2 is 2.29 bits per heavy atom. The summed E-state index contributed by atoms with van der Waals surface area (Å²) in [4.78, 5) is 0. The number of halogens is 1. The molecule has 0 aromatic heterocycles. The summed E-state index contributed by atoms with van der Waals surface area (Å²) in [5.41, 5.74) is 7.80. The molecule has 0 aliphatic rings. The van der Waals surface area contributed by atoms with E-state index in [1.807, 2.05) is 18.2 Å². The lowest BCUT2D eigenvalue weighted by Crippen LogP contribution is -2.10. The Labute approximate surface area is 92.8 Å². The first-order valence-corrected chi connectivity index (χ1v) is 5.28. The second-order valence-corrected chi connectivity index (χ2v) is 3.84. The van der Waals surface area contributed by atoms with Crippen LogP contribution in [-0.4, -0.2) is 20.3 Å². The van der Waals surface area contributed by atoms with Crippen LogP contribution in [0, 0.1) is 0 Å². The van der Waals surface area contributed by atoms with E-state index < -0.39 is 0 Å². The quantitative estimate of drug-likeness (QED) is 0.795. The highest BCUT2D eigenvalue weighted by Crippen LogP contribution is 2.20. The number of benzene rings is 1. The summed E-state index contributed by atoms with van der Waals surface area (Å²) < 4.78 is 6.01. The Morgan fingerprint density at radius 1 is 1.50 bits per heavy atom. The number of nitrogens with one attached hydrogen (secondary N) is 1. The van der Waals surface area contributed by atoms with Crippen LogP contribution in [0.4, 0.5) is 5.69 Å². The lowest BCUT2D eigenvalue weighted by molar-refractivity contribution is 0.211. The SMILES string of the molecule is COCCNc1cc(Br)ccc1CN. The maximum Gasteiger partial charge on any atom is 0.0635 e. The van der Waals surface area contributed by atoms with Crippen molar-refractivity contribution in [2.45, 2.75) is 6.54 Å². The maximum atomic E-state index is 5.62. The molecule has 78 valence electrons. The number of methoxy groups -OCH3 is 1. The third kappa shape index (κ3) is 3.29. The van der Waals surface area contributed by atoms with Crippen molar-refractivity contribution in [1.29, 1.82) is 0 Å². The van der Waals surface area contributed by atoms with E-state index in [0.29, 0.717) is 13.2 Å². The molecule has 0 heterocycles. The van der Waals surface area contributed by atoms with Gasteiger partial charge in [0.15, 0.2) is 0 Å². The van der Waals surface area contributed by atoms with Crippen molar-refractivity contribution in [3.05, 3.63) is 28.2 Å². The molecule has 0 aliphatic heterocycles. The zero-order valence-corrected chi connectivity index (χ0v) is 9.80. The topological polar surface area (TPSA) is 47.3 Å². The normalized spacial score (nSPS) is 10.2. The van der Waals surface area contributed by atoms with Gasteiger partial charge >= 0.3 is 0 Å². The number of anilines is 1. The summed E-state index contributed by atoms with van der Waals surface area (Å²) in [6.07, 6.45) is 0. The van der Waals surface area contributed by atoms with E-state index in [9.17, 15) is 0 Å². The highest BCUT2D eigenvalue weighted by molar-refractivity contribution is 9.10. The lowest BCUT2D eigenvalue weighted by Gasteiger charge is -2.10. The summed E-state index contributed by atoms with van der Waals surface area (Å²) in [6.45, 7) is 2.03. The molecule has 0 saturated heterocycles. The van der Waals surface area contributed by atoms with Gasteiger partial charge in [-0.05, 0) is 17.7 Å². The molecule has 1 aromatic rings. The van der Waals surface area contributed by atoms with Gasteiger partial charge in [-0.15, -0.1) is 0 Å². The Balaban J connectivity index is 2.67. The Bertz CT molecular complexity index is 291.